The molecule has 2 atom stereocenters. The van der Waals surface area contributed by atoms with Crippen LogP contribution in [0.4, 0.5) is 0 Å². The van der Waals surface area contributed by atoms with Crippen LogP contribution < -0.4 is 34.9 Å². The molecule has 2 amide bonds. The first-order valence-electron chi connectivity index (χ1n) is 8.27. The summed E-state index contributed by atoms with van der Waals surface area (Å²) in [5.41, 5.74) is 0.627. The molecule has 2 aromatic heterocycles. The topological polar surface area (TPSA) is 314 Å². The molecule has 35 heavy (non-hydrogen) atoms. The van der Waals surface area contributed by atoms with Gasteiger partial charge in [0.1, 0.15) is 35.0 Å². The number of thioether (sulfide) groups is 2. The molecule has 21 heteroatoms. The number of amides is 2. The van der Waals surface area contributed by atoms with Gasteiger partial charge in [-0.05, 0) is 22.9 Å². The largest absolute Gasteiger partial charge is 1.00 e. The zero-order valence-electron chi connectivity index (χ0n) is 19.4. The number of hydrogen-bond donors (Lipinski definition) is 2. The molecule has 4 rings (SSSR count). The fraction of sp³-hybridized carbons (Fsp3) is 0.429. The molecule has 1 saturated heterocycles. The zero-order valence-corrected chi connectivity index (χ0v) is 22.8. The Bertz CT molecular complexity index is 1020. The number of carboxylic acids is 1. The first-order chi connectivity index (χ1) is 13.9. The Balaban J connectivity index is -0.000000731. The molecule has 1 fully saturated rings. The smallest absolute Gasteiger partial charge is 1.00 e. The van der Waals surface area contributed by atoms with Crippen molar-refractivity contribution in [3.05, 3.63) is 22.6 Å². The Morgan fingerprint density at radius 3 is 2.49 bits per heavy atom. The molecule has 194 valence electrons. The molecule has 2 aliphatic heterocycles. The van der Waals surface area contributed by atoms with Gasteiger partial charge in [-0.3, -0.25) is 14.5 Å². The van der Waals surface area contributed by atoms with Gasteiger partial charge in [0.25, 0.3) is 5.91 Å². The van der Waals surface area contributed by atoms with Crippen LogP contribution in [-0.4, -0.2) is 108 Å². The van der Waals surface area contributed by atoms with Crippen molar-refractivity contribution in [2.45, 2.75) is 29.2 Å². The number of aliphatic carboxylic acids is 1. The third-order valence-electron chi connectivity index (χ3n) is 4.14. The summed E-state index contributed by atoms with van der Waals surface area (Å²) in [6.07, 6.45) is 1.29. The van der Waals surface area contributed by atoms with E-state index in [0.717, 1.165) is 9.35 Å². The van der Waals surface area contributed by atoms with Crippen LogP contribution >= 0.6 is 34.9 Å². The van der Waals surface area contributed by atoms with Crippen LogP contribution in [0, 0.1) is 6.92 Å². The number of rotatable bonds is 7. The second-order valence-corrected chi connectivity index (χ2v) is 9.60. The van der Waals surface area contributed by atoms with E-state index in [2.05, 4.69) is 31.0 Å². The maximum absolute atomic E-state index is 12.6. The Labute approximate surface area is 233 Å². The Morgan fingerprint density at radius 1 is 1.26 bits per heavy atom. The minimum atomic E-state index is -1.16. The van der Waals surface area contributed by atoms with Crippen molar-refractivity contribution in [1.82, 2.24) is 40.6 Å². The quantitative estimate of drug-likeness (QED) is 0.179. The van der Waals surface area contributed by atoms with Gasteiger partial charge in [0, 0.05) is 11.5 Å². The Morgan fingerprint density at radius 2 is 1.94 bits per heavy atom. The van der Waals surface area contributed by atoms with Crippen molar-refractivity contribution in [2.24, 2.45) is 0 Å². The minimum absolute atomic E-state index is 0. The average Bonchev–Trinajstić information content (AvgIpc) is 3.35. The predicted octanol–water partition coefficient (Wildman–Crippen LogP) is -7.64. The molecule has 4 heterocycles. The molecular weight excluding hydrogens is 543 g/mol. The van der Waals surface area contributed by atoms with Crippen molar-refractivity contribution >= 4 is 52.6 Å². The number of β-lactam (4-membered cyclic amide) rings is 1. The molecule has 2 aromatic rings. The van der Waals surface area contributed by atoms with Crippen molar-refractivity contribution in [3.63, 3.8) is 0 Å². The van der Waals surface area contributed by atoms with Crippen LogP contribution in [-0.2, 0) is 20.9 Å². The molecule has 0 bridgehead atoms. The second kappa shape index (κ2) is 16.1. The standard InChI is InChI=1S/C14H14N8O4S3.Na.5H2O.H/c1-6-17-18-14(29-6)28-4-7-3-27-12-9(11(24)22(12)10(7)13(25)26)16-8(23)2-21-5-15-19-20-21;;;;;;;/h5,9,12H,2-4H2,1H3,(H,16,23)(H,25,26);;5*1H2;/q;+1;;;;;;-1/t9-,12-;;;;;;;/m1......./s1. The van der Waals surface area contributed by atoms with Gasteiger partial charge in [0.15, 0.2) is 4.34 Å². The molecule has 0 aliphatic carbocycles. The maximum Gasteiger partial charge on any atom is 1.00 e. The number of carbonyl (C=O) groups is 3. The van der Waals surface area contributed by atoms with Crippen LogP contribution in [0.3, 0.4) is 0 Å². The Hall–Kier alpha value is -1.72. The number of aryl methyl sites for hydroxylation is 1. The molecule has 0 aromatic carbocycles. The monoisotopic (exact) mass is 568 g/mol. The second-order valence-electron chi connectivity index (χ2n) is 6.10. The number of nitrogens with one attached hydrogen (secondary N) is 1. The van der Waals surface area contributed by atoms with Gasteiger partial charge in [-0.2, -0.15) is 0 Å². The van der Waals surface area contributed by atoms with Gasteiger partial charge in [-0.1, -0.05) is 23.1 Å². The molecule has 17 nitrogen and oxygen atoms in total. The SMILES string of the molecule is Cc1nnc(SCC2=C(C(=O)O)N3C(=O)[C@@H](NC(=O)Cn4cnnn4)[C@H]3SC2)s1.O.O.O.O.O.[H-].[Na+]. The number of fused-ring (bicyclic) bond motifs is 1. The molecule has 0 radical (unpaired) electrons. The van der Waals surface area contributed by atoms with E-state index in [1.54, 1.807) is 0 Å². The number of carboxylic acid groups (broad SMARTS) is 1. The van der Waals surface area contributed by atoms with Gasteiger partial charge in [0.05, 0.1) is 0 Å². The summed E-state index contributed by atoms with van der Waals surface area (Å²) >= 11 is 4.24. The minimum Gasteiger partial charge on any atom is -1.00 e. The van der Waals surface area contributed by atoms with Crippen molar-refractivity contribution in [2.75, 3.05) is 11.5 Å². The van der Waals surface area contributed by atoms with E-state index >= 15 is 0 Å². The Kier molecular flexibility index (Phi) is 17.4. The zero-order chi connectivity index (χ0) is 20.5. The predicted molar refractivity (Wildman–Crippen MR) is 122 cm³/mol. The van der Waals surface area contributed by atoms with Crippen LogP contribution in [0.2, 0.25) is 0 Å². The number of hydrogen-bond acceptors (Lipinski definition) is 11. The van der Waals surface area contributed by atoms with Crippen LogP contribution in [0.15, 0.2) is 21.9 Å². The summed E-state index contributed by atoms with van der Waals surface area (Å²) in [7, 11) is 0. The van der Waals surface area contributed by atoms with E-state index in [0.29, 0.717) is 17.1 Å². The third-order valence-corrected chi connectivity index (χ3v) is 7.54. The number of carbonyl (C=O) groups excluding carboxylic acids is 2. The molecule has 0 spiro atoms. The summed E-state index contributed by atoms with van der Waals surface area (Å²) in [6, 6.07) is -0.779. The third kappa shape index (κ3) is 8.15. The first kappa shape index (κ1) is 37.8. The van der Waals surface area contributed by atoms with Gasteiger partial charge in [-0.25, -0.2) is 9.48 Å². The van der Waals surface area contributed by atoms with E-state index in [1.165, 1.54) is 50.8 Å². The van der Waals surface area contributed by atoms with E-state index in [4.69, 9.17) is 0 Å². The summed E-state index contributed by atoms with van der Waals surface area (Å²) in [4.78, 5) is 37.8. The van der Waals surface area contributed by atoms with E-state index in [9.17, 15) is 19.5 Å². The van der Waals surface area contributed by atoms with E-state index < -0.39 is 29.2 Å². The average molecular weight is 569 g/mol. The van der Waals surface area contributed by atoms with Gasteiger partial charge < -0.3 is 39.2 Å². The van der Waals surface area contributed by atoms with Crippen LogP contribution in [0.1, 0.15) is 6.43 Å². The van der Waals surface area contributed by atoms with Gasteiger partial charge in [0.2, 0.25) is 5.91 Å². The number of tetrazole rings is 1. The van der Waals surface area contributed by atoms with E-state index in [-0.39, 0.29) is 70.6 Å². The number of aromatic nitrogens is 6. The van der Waals surface area contributed by atoms with E-state index in [1.807, 2.05) is 6.92 Å². The summed E-state index contributed by atoms with van der Waals surface area (Å²) in [5.74, 6) is -1.19. The van der Waals surface area contributed by atoms with Crippen LogP contribution in [0.5, 0.6) is 0 Å². The molecule has 2 aliphatic rings. The molecular formula is C14H25N8NaO9S3. The summed E-state index contributed by atoms with van der Waals surface area (Å²) < 4.78 is 1.98. The summed E-state index contributed by atoms with van der Waals surface area (Å²) in [6.45, 7) is 1.72. The summed E-state index contributed by atoms with van der Waals surface area (Å²) in [5, 5.41) is 31.1. The van der Waals surface area contributed by atoms with Gasteiger partial charge >= 0.3 is 35.5 Å². The normalized spacial score (nSPS) is 17.4. The maximum atomic E-state index is 12.6. The van der Waals surface area contributed by atoms with Crippen LogP contribution in [0.25, 0.3) is 0 Å². The van der Waals surface area contributed by atoms with Crippen molar-refractivity contribution in [1.29, 1.82) is 0 Å². The van der Waals surface area contributed by atoms with Crippen molar-refractivity contribution < 1.29 is 77.9 Å². The molecule has 0 unspecified atom stereocenters. The molecule has 12 N–H and O–H groups in total. The number of nitrogens with zero attached hydrogens (tertiary/aromatic N) is 7. The molecule has 0 saturated carbocycles. The van der Waals surface area contributed by atoms with Crippen molar-refractivity contribution in [3.8, 4) is 0 Å². The first-order valence-corrected chi connectivity index (χ1v) is 11.1. The van der Waals surface area contributed by atoms with Gasteiger partial charge in [-0.15, -0.1) is 27.1 Å². The fourth-order valence-corrected chi connectivity index (χ4v) is 6.20. The fourth-order valence-electron chi connectivity index (χ4n) is 2.90.